The molecule has 0 aliphatic carbocycles. The van der Waals surface area contributed by atoms with Gasteiger partial charge in [0.05, 0.1) is 12.7 Å². The Morgan fingerprint density at radius 2 is 2.12 bits per heavy atom. The van der Waals surface area contributed by atoms with Crippen LogP contribution in [-0.4, -0.2) is 19.2 Å². The first-order valence-corrected chi connectivity index (χ1v) is 5.88. The van der Waals surface area contributed by atoms with Crippen LogP contribution in [0.5, 0.6) is 0 Å². The van der Waals surface area contributed by atoms with Gasteiger partial charge in [-0.1, -0.05) is 26.0 Å². The Morgan fingerprint density at radius 1 is 1.35 bits per heavy atom. The van der Waals surface area contributed by atoms with Gasteiger partial charge in [-0.05, 0) is 12.0 Å². The lowest BCUT2D eigenvalue weighted by atomic mass is 10.0. The maximum Gasteiger partial charge on any atom is 0.164 e. The molecule has 0 amide bonds. The fraction of sp³-hybridized carbons (Fsp3) is 0.538. The summed E-state index contributed by atoms with van der Waals surface area (Å²) in [7, 11) is 0. The predicted octanol–water partition coefficient (Wildman–Crippen LogP) is 2.65. The molecule has 0 spiro atoms. The minimum Gasteiger partial charge on any atom is -0.370 e. The molecule has 0 saturated carbocycles. The molecule has 0 bridgehead atoms. The maximum absolute atomic E-state index is 13.6. The highest BCUT2D eigenvalue weighted by Gasteiger charge is 2.26. The molecule has 1 N–H and O–H groups in total. The monoisotopic (exact) mass is 241 g/mol. The zero-order valence-electron chi connectivity index (χ0n) is 10.0. The van der Waals surface area contributed by atoms with Crippen LogP contribution < -0.4 is 5.32 Å². The number of ether oxygens (including phenoxy) is 1. The second-order valence-corrected chi connectivity index (χ2v) is 4.72. The minimum atomic E-state index is -0.822. The van der Waals surface area contributed by atoms with Crippen LogP contribution in [0.15, 0.2) is 18.2 Å². The Bertz CT molecular complexity index is 387. The number of hydrogen-bond donors (Lipinski definition) is 1. The van der Waals surface area contributed by atoms with Gasteiger partial charge in [0.1, 0.15) is 0 Å². The van der Waals surface area contributed by atoms with Gasteiger partial charge in [-0.2, -0.15) is 0 Å². The Labute approximate surface area is 100.0 Å². The minimum absolute atomic E-state index is 0.280. The number of halogens is 2. The van der Waals surface area contributed by atoms with Crippen molar-refractivity contribution in [2.24, 2.45) is 5.92 Å². The van der Waals surface area contributed by atoms with Gasteiger partial charge >= 0.3 is 0 Å². The summed E-state index contributed by atoms with van der Waals surface area (Å²) in [5.41, 5.74) is 0.291. The van der Waals surface area contributed by atoms with E-state index in [4.69, 9.17) is 4.74 Å². The number of rotatable bonds is 2. The normalized spacial score (nSPS) is 25.2. The average molecular weight is 241 g/mol. The fourth-order valence-electron chi connectivity index (χ4n) is 1.99. The summed E-state index contributed by atoms with van der Waals surface area (Å²) in [6, 6.07) is 4.47. The number of benzene rings is 1. The third kappa shape index (κ3) is 2.64. The zero-order valence-corrected chi connectivity index (χ0v) is 10.0. The fourth-order valence-corrected chi connectivity index (χ4v) is 1.99. The molecule has 4 heteroatoms. The third-order valence-electron chi connectivity index (χ3n) is 3.18. The SMILES string of the molecule is CC(C)C1COC(c2cccc(F)c2F)CN1. The molecule has 1 fully saturated rings. The summed E-state index contributed by atoms with van der Waals surface area (Å²) in [5, 5.41) is 3.30. The smallest absolute Gasteiger partial charge is 0.164 e. The van der Waals surface area contributed by atoms with E-state index in [1.54, 1.807) is 6.07 Å². The lowest BCUT2D eigenvalue weighted by Gasteiger charge is -2.32. The summed E-state index contributed by atoms with van der Waals surface area (Å²) in [6.07, 6.45) is -0.402. The molecule has 1 aliphatic heterocycles. The van der Waals surface area contributed by atoms with Crippen LogP contribution in [-0.2, 0) is 4.74 Å². The lowest BCUT2D eigenvalue weighted by Crippen LogP contribution is -2.45. The Balaban J connectivity index is 2.08. The van der Waals surface area contributed by atoms with Crippen molar-refractivity contribution < 1.29 is 13.5 Å². The molecule has 2 atom stereocenters. The van der Waals surface area contributed by atoms with Crippen molar-refractivity contribution in [3.8, 4) is 0 Å². The van der Waals surface area contributed by atoms with Crippen LogP contribution in [0.25, 0.3) is 0 Å². The van der Waals surface area contributed by atoms with E-state index in [2.05, 4.69) is 19.2 Å². The largest absolute Gasteiger partial charge is 0.370 e. The molecule has 1 aromatic rings. The summed E-state index contributed by atoms with van der Waals surface area (Å²) in [4.78, 5) is 0. The molecule has 0 radical (unpaired) electrons. The van der Waals surface area contributed by atoms with E-state index in [9.17, 15) is 8.78 Å². The van der Waals surface area contributed by atoms with E-state index in [0.717, 1.165) is 6.07 Å². The van der Waals surface area contributed by atoms with E-state index in [0.29, 0.717) is 24.6 Å². The molecular weight excluding hydrogens is 224 g/mol. The molecule has 2 nitrogen and oxygen atoms in total. The first-order chi connectivity index (χ1) is 8.09. The van der Waals surface area contributed by atoms with Crippen molar-refractivity contribution in [3.05, 3.63) is 35.4 Å². The number of hydrogen-bond acceptors (Lipinski definition) is 2. The standard InChI is InChI=1S/C13H17F2NO/c1-8(2)11-7-17-12(6-16-11)9-4-3-5-10(14)13(9)15/h3-5,8,11-12,16H,6-7H2,1-2H3. The van der Waals surface area contributed by atoms with E-state index in [-0.39, 0.29) is 6.04 Å². The van der Waals surface area contributed by atoms with Gasteiger partial charge in [-0.15, -0.1) is 0 Å². The molecule has 2 rings (SSSR count). The summed E-state index contributed by atoms with van der Waals surface area (Å²) in [6.45, 7) is 5.25. The first kappa shape index (κ1) is 12.5. The Hall–Kier alpha value is -1.00. The van der Waals surface area contributed by atoms with Crippen molar-refractivity contribution in [1.82, 2.24) is 5.32 Å². The molecular formula is C13H17F2NO. The summed E-state index contributed by atoms with van der Waals surface area (Å²) in [5.74, 6) is -1.16. The first-order valence-electron chi connectivity index (χ1n) is 5.88. The predicted molar refractivity (Wildman–Crippen MR) is 61.7 cm³/mol. The van der Waals surface area contributed by atoms with Crippen LogP contribution >= 0.6 is 0 Å². The molecule has 1 heterocycles. The van der Waals surface area contributed by atoms with Crippen molar-refractivity contribution in [3.63, 3.8) is 0 Å². The zero-order chi connectivity index (χ0) is 12.4. The van der Waals surface area contributed by atoms with E-state index < -0.39 is 17.7 Å². The highest BCUT2D eigenvalue weighted by Crippen LogP contribution is 2.25. The van der Waals surface area contributed by atoms with Crippen molar-refractivity contribution in [2.75, 3.05) is 13.2 Å². The number of nitrogens with one attached hydrogen (secondary N) is 1. The Kier molecular flexibility index (Phi) is 3.74. The molecule has 1 aliphatic rings. The summed E-state index contributed by atoms with van der Waals surface area (Å²) >= 11 is 0. The van der Waals surface area contributed by atoms with Gasteiger partial charge in [0.25, 0.3) is 0 Å². The van der Waals surface area contributed by atoms with Gasteiger partial charge in [-0.25, -0.2) is 8.78 Å². The van der Waals surface area contributed by atoms with E-state index in [1.807, 2.05) is 0 Å². The molecule has 2 unspecified atom stereocenters. The average Bonchev–Trinajstić information content (AvgIpc) is 2.33. The van der Waals surface area contributed by atoms with Gasteiger partial charge in [-0.3, -0.25) is 0 Å². The summed E-state index contributed by atoms with van der Waals surface area (Å²) < 4.78 is 32.3. The van der Waals surface area contributed by atoms with Crippen molar-refractivity contribution in [2.45, 2.75) is 26.0 Å². The second-order valence-electron chi connectivity index (χ2n) is 4.72. The molecule has 17 heavy (non-hydrogen) atoms. The molecule has 94 valence electrons. The van der Waals surface area contributed by atoms with Crippen LogP contribution in [0.2, 0.25) is 0 Å². The highest BCUT2D eigenvalue weighted by molar-refractivity contribution is 5.22. The quantitative estimate of drug-likeness (QED) is 0.859. The van der Waals surface area contributed by atoms with E-state index >= 15 is 0 Å². The van der Waals surface area contributed by atoms with Crippen molar-refractivity contribution in [1.29, 1.82) is 0 Å². The van der Waals surface area contributed by atoms with Crippen LogP contribution in [0.3, 0.4) is 0 Å². The van der Waals surface area contributed by atoms with Crippen LogP contribution in [0, 0.1) is 17.6 Å². The number of morpholine rings is 1. The van der Waals surface area contributed by atoms with Crippen LogP contribution in [0.4, 0.5) is 8.78 Å². The highest BCUT2D eigenvalue weighted by atomic mass is 19.2. The maximum atomic E-state index is 13.6. The van der Waals surface area contributed by atoms with Crippen molar-refractivity contribution >= 4 is 0 Å². The molecule has 0 aromatic heterocycles. The van der Waals surface area contributed by atoms with Gasteiger partial charge in [0.15, 0.2) is 11.6 Å². The van der Waals surface area contributed by atoms with E-state index in [1.165, 1.54) is 6.07 Å². The molecule has 1 saturated heterocycles. The topological polar surface area (TPSA) is 21.3 Å². The van der Waals surface area contributed by atoms with Gasteiger partial charge in [0.2, 0.25) is 0 Å². The third-order valence-corrected chi connectivity index (χ3v) is 3.18. The van der Waals surface area contributed by atoms with Gasteiger partial charge < -0.3 is 10.1 Å². The van der Waals surface area contributed by atoms with Crippen LogP contribution in [0.1, 0.15) is 25.5 Å². The lowest BCUT2D eigenvalue weighted by molar-refractivity contribution is -0.00913. The second kappa shape index (κ2) is 5.10. The Morgan fingerprint density at radius 3 is 2.71 bits per heavy atom. The van der Waals surface area contributed by atoms with Gasteiger partial charge in [0, 0.05) is 18.2 Å². The molecule has 1 aromatic carbocycles.